The average Bonchev–Trinajstić information content (AvgIpc) is 3.41. The minimum absolute atomic E-state index is 0.268. The van der Waals surface area contributed by atoms with Crippen molar-refractivity contribution in [2.75, 3.05) is 5.32 Å². The lowest BCUT2D eigenvalue weighted by atomic mass is 10.0. The van der Waals surface area contributed by atoms with Crippen LogP contribution < -0.4 is 5.32 Å². The van der Waals surface area contributed by atoms with Crippen LogP contribution in [0.1, 0.15) is 16.1 Å². The average molecular weight is 389 g/mol. The fourth-order valence-electron chi connectivity index (χ4n) is 3.15. The number of anilines is 1. The second-order valence-corrected chi connectivity index (χ2v) is 7.32. The summed E-state index contributed by atoms with van der Waals surface area (Å²) in [6.45, 7) is 1.89. The number of benzene rings is 1. The molecule has 0 aliphatic heterocycles. The molecular weight excluding hydrogens is 374 g/mol. The van der Waals surface area contributed by atoms with Crippen molar-refractivity contribution in [3.8, 4) is 11.1 Å². The van der Waals surface area contributed by atoms with E-state index < -0.39 is 0 Å². The van der Waals surface area contributed by atoms with E-state index in [0.29, 0.717) is 16.3 Å². The Kier molecular flexibility index (Phi) is 3.69. The first-order valence-electron chi connectivity index (χ1n) is 8.57. The van der Waals surface area contributed by atoms with Crippen LogP contribution >= 0.6 is 11.3 Å². The molecule has 9 heteroatoms. The molecule has 0 fully saturated rings. The number of carbonyl (C=O) groups excluding carboxylic acids is 1. The Bertz CT molecular complexity index is 1350. The first-order chi connectivity index (χ1) is 13.6. The van der Waals surface area contributed by atoms with Gasteiger partial charge in [0.15, 0.2) is 10.8 Å². The fourth-order valence-corrected chi connectivity index (χ4v) is 3.83. The molecule has 4 aromatic heterocycles. The largest absolute Gasteiger partial charge is 0.298 e. The maximum atomic E-state index is 12.9. The quantitative estimate of drug-likeness (QED) is 0.511. The zero-order valence-corrected chi connectivity index (χ0v) is 15.9. The predicted molar refractivity (Wildman–Crippen MR) is 107 cm³/mol. The monoisotopic (exact) mass is 389 g/mol. The molecule has 1 amide bonds. The summed E-state index contributed by atoms with van der Waals surface area (Å²) in [5.41, 5.74) is 4.64. The van der Waals surface area contributed by atoms with E-state index in [-0.39, 0.29) is 5.91 Å². The van der Waals surface area contributed by atoms with Gasteiger partial charge in [-0.1, -0.05) is 12.1 Å². The highest BCUT2D eigenvalue weighted by Gasteiger charge is 2.17. The number of thiazole rings is 1. The van der Waals surface area contributed by atoms with Crippen LogP contribution in [0.5, 0.6) is 0 Å². The number of amides is 1. The summed E-state index contributed by atoms with van der Waals surface area (Å²) in [7, 11) is 1.90. The molecule has 138 valence electrons. The molecule has 8 nitrogen and oxygen atoms in total. The second kappa shape index (κ2) is 6.24. The van der Waals surface area contributed by atoms with Gasteiger partial charge in [0.25, 0.3) is 5.91 Å². The van der Waals surface area contributed by atoms with Gasteiger partial charge in [0, 0.05) is 29.6 Å². The zero-order valence-electron chi connectivity index (χ0n) is 15.1. The Morgan fingerprint density at radius 1 is 1.18 bits per heavy atom. The van der Waals surface area contributed by atoms with Gasteiger partial charge in [-0.15, -0.1) is 11.3 Å². The van der Waals surface area contributed by atoms with Gasteiger partial charge in [0.2, 0.25) is 0 Å². The fraction of sp³-hybridized carbons (Fsp3) is 0.105. The highest BCUT2D eigenvalue weighted by molar-refractivity contribution is 7.13. The number of nitrogens with zero attached hydrogens (tertiary/aromatic N) is 6. The number of nitrogens with one attached hydrogen (secondary N) is 1. The Balaban J connectivity index is 1.62. The van der Waals surface area contributed by atoms with Crippen LogP contribution in [0, 0.1) is 6.92 Å². The molecule has 5 aromatic rings. The summed E-state index contributed by atoms with van der Waals surface area (Å²) in [4.78, 5) is 21.4. The smallest absolute Gasteiger partial charge is 0.261 e. The van der Waals surface area contributed by atoms with Gasteiger partial charge in [-0.2, -0.15) is 10.2 Å². The van der Waals surface area contributed by atoms with E-state index in [1.54, 1.807) is 4.52 Å². The molecule has 1 aromatic carbocycles. The Morgan fingerprint density at radius 2 is 2.07 bits per heavy atom. The lowest BCUT2D eigenvalue weighted by Crippen LogP contribution is -2.14. The number of aromatic nitrogens is 6. The van der Waals surface area contributed by atoms with Crippen LogP contribution in [0.2, 0.25) is 0 Å². The lowest BCUT2D eigenvalue weighted by molar-refractivity contribution is 0.102. The van der Waals surface area contributed by atoms with E-state index in [1.807, 2.05) is 60.7 Å². The number of carbonyl (C=O) groups is 1. The van der Waals surface area contributed by atoms with Crippen LogP contribution in [0.3, 0.4) is 0 Å². The number of hydrogen-bond acceptors (Lipinski definition) is 6. The predicted octanol–water partition coefficient (Wildman–Crippen LogP) is 3.30. The summed E-state index contributed by atoms with van der Waals surface area (Å²) in [5.74, 6) is -0.268. The first kappa shape index (κ1) is 16.6. The van der Waals surface area contributed by atoms with Gasteiger partial charge in [-0.05, 0) is 24.6 Å². The van der Waals surface area contributed by atoms with Crippen LogP contribution in [0.15, 0.2) is 48.4 Å². The third kappa shape index (κ3) is 2.72. The van der Waals surface area contributed by atoms with Gasteiger partial charge in [0.1, 0.15) is 6.33 Å². The van der Waals surface area contributed by atoms with Gasteiger partial charge in [-0.3, -0.25) is 14.8 Å². The molecule has 0 bridgehead atoms. The molecule has 1 N–H and O–H groups in total. The lowest BCUT2D eigenvalue weighted by Gasteiger charge is -2.08. The van der Waals surface area contributed by atoms with Crippen molar-refractivity contribution >= 4 is 38.9 Å². The summed E-state index contributed by atoms with van der Waals surface area (Å²) in [6.07, 6.45) is 5.13. The number of hydrogen-bond donors (Lipinski definition) is 1. The van der Waals surface area contributed by atoms with E-state index in [9.17, 15) is 4.79 Å². The minimum Gasteiger partial charge on any atom is -0.298 e. The van der Waals surface area contributed by atoms with Crippen molar-refractivity contribution in [1.82, 2.24) is 29.4 Å². The third-order valence-corrected chi connectivity index (χ3v) is 5.42. The molecule has 5 rings (SSSR count). The van der Waals surface area contributed by atoms with E-state index in [0.717, 1.165) is 27.7 Å². The maximum Gasteiger partial charge on any atom is 0.261 e. The van der Waals surface area contributed by atoms with Gasteiger partial charge in [0.05, 0.1) is 23.0 Å². The standard InChI is InChI=1S/C19H15N7OS/c1-11-9-28-19(23-11)24-18(27)15-5-14(8-26-17(15)20-10-22-26)12-3-4-13-7-21-25(2)16(13)6-12/h3-10H,1-2H3,(H,23,24,27). The van der Waals surface area contributed by atoms with Gasteiger partial charge >= 0.3 is 0 Å². The summed E-state index contributed by atoms with van der Waals surface area (Å²) < 4.78 is 3.44. The van der Waals surface area contributed by atoms with Gasteiger partial charge < -0.3 is 0 Å². The van der Waals surface area contributed by atoms with E-state index in [2.05, 4.69) is 25.5 Å². The van der Waals surface area contributed by atoms with Crippen LogP contribution in [-0.4, -0.2) is 35.3 Å². The third-order valence-electron chi connectivity index (χ3n) is 4.54. The molecule has 0 unspecified atom stereocenters. The van der Waals surface area contributed by atoms with E-state index in [4.69, 9.17) is 0 Å². The van der Waals surface area contributed by atoms with Crippen LogP contribution in [0.25, 0.3) is 27.7 Å². The molecule has 0 spiro atoms. The highest BCUT2D eigenvalue weighted by Crippen LogP contribution is 2.26. The molecule has 0 aliphatic carbocycles. The molecule has 28 heavy (non-hydrogen) atoms. The van der Waals surface area contributed by atoms with E-state index >= 15 is 0 Å². The summed E-state index contributed by atoms with van der Waals surface area (Å²) in [5, 5.41) is 14.9. The van der Waals surface area contributed by atoms with Crippen molar-refractivity contribution in [1.29, 1.82) is 0 Å². The van der Waals surface area contributed by atoms with E-state index in [1.165, 1.54) is 17.7 Å². The molecule has 0 saturated carbocycles. The molecular formula is C19H15N7OS. The van der Waals surface area contributed by atoms with Crippen molar-refractivity contribution in [2.24, 2.45) is 7.05 Å². The first-order valence-corrected chi connectivity index (χ1v) is 9.45. The molecule has 0 atom stereocenters. The Hall–Kier alpha value is -3.59. The van der Waals surface area contributed by atoms with Crippen LogP contribution in [0.4, 0.5) is 5.13 Å². The highest BCUT2D eigenvalue weighted by atomic mass is 32.1. The number of aryl methyl sites for hydroxylation is 2. The van der Waals surface area contributed by atoms with Crippen LogP contribution in [-0.2, 0) is 7.05 Å². The normalized spacial score (nSPS) is 11.4. The minimum atomic E-state index is -0.268. The number of pyridine rings is 1. The molecule has 0 radical (unpaired) electrons. The SMILES string of the molecule is Cc1csc(NC(=O)c2cc(-c3ccc4cnn(C)c4c3)cn3ncnc23)n1. The van der Waals surface area contributed by atoms with Crippen molar-refractivity contribution in [3.63, 3.8) is 0 Å². The van der Waals surface area contributed by atoms with Gasteiger partial charge in [-0.25, -0.2) is 14.5 Å². The van der Waals surface area contributed by atoms with Crippen molar-refractivity contribution < 1.29 is 4.79 Å². The second-order valence-electron chi connectivity index (χ2n) is 6.46. The number of rotatable bonds is 3. The van der Waals surface area contributed by atoms with Crippen molar-refractivity contribution in [3.05, 3.63) is 59.6 Å². The molecule has 0 saturated heterocycles. The summed E-state index contributed by atoms with van der Waals surface area (Å²) in [6, 6.07) is 7.90. The maximum absolute atomic E-state index is 12.9. The molecule has 0 aliphatic rings. The number of fused-ring (bicyclic) bond motifs is 2. The van der Waals surface area contributed by atoms with Crippen molar-refractivity contribution in [2.45, 2.75) is 6.92 Å². The Morgan fingerprint density at radius 3 is 2.89 bits per heavy atom. The molecule has 4 heterocycles. The zero-order chi connectivity index (χ0) is 19.3. The topological polar surface area (TPSA) is 90.0 Å². The Labute approximate surface area is 163 Å². The summed E-state index contributed by atoms with van der Waals surface area (Å²) >= 11 is 1.39.